The first-order chi connectivity index (χ1) is 10.2. The Kier molecular flexibility index (Phi) is 3.16. The molecule has 4 aliphatic carbocycles. The van der Waals surface area contributed by atoms with Gasteiger partial charge in [-0.15, -0.1) is 0 Å². The third-order valence-electron chi connectivity index (χ3n) is 5.84. The lowest BCUT2D eigenvalue weighted by Crippen LogP contribution is -2.51. The molecule has 5 rings (SSSR count). The lowest BCUT2D eigenvalue weighted by molar-refractivity contribution is 0.00754. The molecule has 1 aromatic rings. The van der Waals surface area contributed by atoms with E-state index in [1.54, 1.807) is 0 Å². The Bertz CT molecular complexity index is 526. The normalized spacial score (nSPS) is 36.5. The molecule has 0 radical (unpaired) electrons. The van der Waals surface area contributed by atoms with Crippen molar-refractivity contribution in [2.45, 2.75) is 38.1 Å². The fourth-order valence-electron chi connectivity index (χ4n) is 5.21. The second-order valence-corrected chi connectivity index (χ2v) is 7.17. The van der Waals surface area contributed by atoms with E-state index < -0.39 is 0 Å². The van der Waals surface area contributed by atoms with E-state index in [9.17, 15) is 4.79 Å². The highest BCUT2D eigenvalue weighted by atomic mass is 16.5. The molecule has 0 aromatic heterocycles. The minimum atomic E-state index is -0.260. The SMILES string of the molecule is COC(=O)c1cccc(NC2C3CC4CC(C3)CC2C4)c1. The van der Waals surface area contributed by atoms with E-state index in [0.29, 0.717) is 11.6 Å². The maximum absolute atomic E-state index is 11.7. The quantitative estimate of drug-likeness (QED) is 0.860. The van der Waals surface area contributed by atoms with Crippen LogP contribution in [0.3, 0.4) is 0 Å². The molecular formula is C18H23NO2. The van der Waals surface area contributed by atoms with E-state index in [-0.39, 0.29) is 5.97 Å². The molecular weight excluding hydrogens is 262 g/mol. The molecule has 0 amide bonds. The van der Waals surface area contributed by atoms with Crippen molar-refractivity contribution in [1.82, 2.24) is 0 Å². The van der Waals surface area contributed by atoms with Gasteiger partial charge in [0.15, 0.2) is 0 Å². The number of anilines is 1. The zero-order valence-electron chi connectivity index (χ0n) is 12.5. The first-order valence-corrected chi connectivity index (χ1v) is 8.18. The van der Waals surface area contributed by atoms with Crippen molar-refractivity contribution in [3.63, 3.8) is 0 Å². The van der Waals surface area contributed by atoms with Crippen LogP contribution in [0.5, 0.6) is 0 Å². The summed E-state index contributed by atoms with van der Waals surface area (Å²) in [5, 5.41) is 3.74. The summed E-state index contributed by atoms with van der Waals surface area (Å²) in [7, 11) is 1.43. The van der Waals surface area contributed by atoms with Gasteiger partial charge in [-0.25, -0.2) is 4.79 Å². The Hall–Kier alpha value is -1.51. The van der Waals surface area contributed by atoms with E-state index >= 15 is 0 Å². The van der Waals surface area contributed by atoms with Gasteiger partial charge in [0, 0.05) is 11.7 Å². The fraction of sp³-hybridized carbons (Fsp3) is 0.611. The maximum Gasteiger partial charge on any atom is 0.337 e. The summed E-state index contributed by atoms with van der Waals surface area (Å²) in [5.41, 5.74) is 1.70. The molecule has 4 aliphatic rings. The lowest BCUT2D eigenvalue weighted by Gasteiger charge is -2.54. The first-order valence-electron chi connectivity index (χ1n) is 8.18. The Morgan fingerprint density at radius 3 is 2.38 bits per heavy atom. The van der Waals surface area contributed by atoms with Gasteiger partial charge in [0.25, 0.3) is 0 Å². The van der Waals surface area contributed by atoms with Crippen LogP contribution in [0.15, 0.2) is 24.3 Å². The van der Waals surface area contributed by atoms with Gasteiger partial charge < -0.3 is 10.1 Å². The second-order valence-electron chi connectivity index (χ2n) is 7.17. The van der Waals surface area contributed by atoms with Gasteiger partial charge in [0.2, 0.25) is 0 Å². The second kappa shape index (κ2) is 5.04. The standard InChI is InChI=1S/C18H23NO2/c1-21-18(20)13-3-2-4-16(10-13)19-17-14-6-11-5-12(8-14)9-15(17)7-11/h2-4,10-12,14-15,17,19H,5-9H2,1H3. The van der Waals surface area contributed by atoms with Crippen molar-refractivity contribution in [3.05, 3.63) is 29.8 Å². The minimum Gasteiger partial charge on any atom is -0.465 e. The van der Waals surface area contributed by atoms with E-state index in [1.165, 1.54) is 39.2 Å². The van der Waals surface area contributed by atoms with Crippen LogP contribution in [0, 0.1) is 23.7 Å². The molecule has 0 aliphatic heterocycles. The molecule has 1 N–H and O–H groups in total. The zero-order chi connectivity index (χ0) is 14.4. The molecule has 4 fully saturated rings. The highest BCUT2D eigenvalue weighted by molar-refractivity contribution is 5.90. The van der Waals surface area contributed by atoms with Crippen LogP contribution in [-0.4, -0.2) is 19.1 Å². The van der Waals surface area contributed by atoms with Crippen molar-refractivity contribution in [3.8, 4) is 0 Å². The predicted molar refractivity (Wildman–Crippen MR) is 82.2 cm³/mol. The number of carbonyl (C=O) groups is 1. The van der Waals surface area contributed by atoms with Gasteiger partial charge >= 0.3 is 5.97 Å². The number of benzene rings is 1. The van der Waals surface area contributed by atoms with Crippen LogP contribution >= 0.6 is 0 Å². The molecule has 0 unspecified atom stereocenters. The van der Waals surface area contributed by atoms with Crippen molar-refractivity contribution in [1.29, 1.82) is 0 Å². The summed E-state index contributed by atoms with van der Waals surface area (Å²) in [5.74, 6) is 3.40. The number of rotatable bonds is 3. The molecule has 0 heterocycles. The monoisotopic (exact) mass is 285 g/mol. The summed E-state index contributed by atoms with van der Waals surface area (Å²) in [6, 6.07) is 8.35. The van der Waals surface area contributed by atoms with Gasteiger partial charge in [-0.05, 0) is 74.0 Å². The zero-order valence-corrected chi connectivity index (χ0v) is 12.5. The highest BCUT2D eigenvalue weighted by Gasteiger charge is 2.48. The Morgan fingerprint density at radius 2 is 1.76 bits per heavy atom. The molecule has 3 heteroatoms. The molecule has 1 aromatic carbocycles. The van der Waals surface area contributed by atoms with Crippen molar-refractivity contribution in [2.75, 3.05) is 12.4 Å². The highest BCUT2D eigenvalue weighted by Crippen LogP contribution is 2.54. The molecule has 0 atom stereocenters. The first kappa shape index (κ1) is 13.2. The number of ether oxygens (including phenoxy) is 1. The third kappa shape index (κ3) is 2.33. The van der Waals surface area contributed by atoms with Crippen LogP contribution in [0.2, 0.25) is 0 Å². The number of nitrogens with one attached hydrogen (secondary N) is 1. The van der Waals surface area contributed by atoms with Crippen LogP contribution in [0.1, 0.15) is 42.5 Å². The van der Waals surface area contributed by atoms with Gasteiger partial charge in [-0.3, -0.25) is 0 Å². The molecule has 0 saturated heterocycles. The molecule has 21 heavy (non-hydrogen) atoms. The minimum absolute atomic E-state index is 0.260. The molecule has 4 saturated carbocycles. The maximum atomic E-state index is 11.7. The van der Waals surface area contributed by atoms with Crippen LogP contribution in [0.4, 0.5) is 5.69 Å². The van der Waals surface area contributed by atoms with E-state index in [4.69, 9.17) is 4.74 Å². The predicted octanol–water partition coefficient (Wildman–Crippen LogP) is 3.71. The number of hydrogen-bond donors (Lipinski definition) is 1. The third-order valence-corrected chi connectivity index (χ3v) is 5.84. The Labute approximate surface area is 126 Å². The van der Waals surface area contributed by atoms with Gasteiger partial charge in [0.05, 0.1) is 12.7 Å². The van der Waals surface area contributed by atoms with Gasteiger partial charge in [0.1, 0.15) is 0 Å². The van der Waals surface area contributed by atoms with Gasteiger partial charge in [-0.1, -0.05) is 6.07 Å². The van der Waals surface area contributed by atoms with E-state index in [1.807, 2.05) is 18.2 Å². The Morgan fingerprint density at radius 1 is 1.10 bits per heavy atom. The van der Waals surface area contributed by atoms with Gasteiger partial charge in [-0.2, -0.15) is 0 Å². The van der Waals surface area contributed by atoms with E-state index in [0.717, 1.165) is 29.4 Å². The number of carbonyl (C=O) groups excluding carboxylic acids is 1. The van der Waals surface area contributed by atoms with Crippen molar-refractivity contribution < 1.29 is 9.53 Å². The van der Waals surface area contributed by atoms with Crippen molar-refractivity contribution in [2.24, 2.45) is 23.7 Å². The molecule has 4 bridgehead atoms. The fourth-order valence-corrected chi connectivity index (χ4v) is 5.21. The summed E-state index contributed by atoms with van der Waals surface area (Å²) in [6.07, 6.45) is 7.10. The van der Waals surface area contributed by atoms with Crippen LogP contribution in [0.25, 0.3) is 0 Å². The van der Waals surface area contributed by atoms with E-state index in [2.05, 4.69) is 11.4 Å². The lowest BCUT2D eigenvalue weighted by atomic mass is 9.54. The largest absolute Gasteiger partial charge is 0.465 e. The Balaban J connectivity index is 1.52. The molecule has 3 nitrogen and oxygen atoms in total. The number of hydrogen-bond acceptors (Lipinski definition) is 3. The molecule has 0 spiro atoms. The molecule has 112 valence electrons. The topological polar surface area (TPSA) is 38.3 Å². The van der Waals surface area contributed by atoms with Crippen LogP contribution in [-0.2, 0) is 4.74 Å². The van der Waals surface area contributed by atoms with Crippen LogP contribution < -0.4 is 5.32 Å². The summed E-state index contributed by atoms with van der Waals surface area (Å²) >= 11 is 0. The smallest absolute Gasteiger partial charge is 0.337 e. The van der Waals surface area contributed by atoms with Crippen molar-refractivity contribution >= 4 is 11.7 Å². The summed E-state index contributed by atoms with van der Waals surface area (Å²) in [4.78, 5) is 11.7. The summed E-state index contributed by atoms with van der Waals surface area (Å²) in [6.45, 7) is 0. The number of methoxy groups -OCH3 is 1. The number of esters is 1. The average molecular weight is 285 g/mol. The average Bonchev–Trinajstić information content (AvgIpc) is 2.49. The summed E-state index contributed by atoms with van der Waals surface area (Å²) < 4.78 is 4.81.